The lowest BCUT2D eigenvalue weighted by Gasteiger charge is -2.26. The van der Waals surface area contributed by atoms with Gasteiger partial charge >= 0.3 is 0 Å². The van der Waals surface area contributed by atoms with Crippen LogP contribution in [0.3, 0.4) is 0 Å². The molecule has 6 heteroatoms. The zero-order valence-corrected chi connectivity index (χ0v) is 11.9. The summed E-state index contributed by atoms with van der Waals surface area (Å²) >= 11 is 0. The lowest BCUT2D eigenvalue weighted by Crippen LogP contribution is -2.39. The number of ether oxygens (including phenoxy) is 1. The molecule has 0 aromatic carbocycles. The summed E-state index contributed by atoms with van der Waals surface area (Å²) in [6.45, 7) is 5.98. The molecular weight excluding hydrogens is 244 g/mol. The Morgan fingerprint density at radius 3 is 2.79 bits per heavy atom. The van der Waals surface area contributed by atoms with Gasteiger partial charge in [-0.3, -0.25) is 4.79 Å². The topological polar surface area (TPSA) is 80.0 Å². The summed E-state index contributed by atoms with van der Waals surface area (Å²) in [5, 5.41) is 2.98. The van der Waals surface area contributed by atoms with Gasteiger partial charge in [-0.25, -0.2) is 4.99 Å². The van der Waals surface area contributed by atoms with Crippen molar-refractivity contribution < 1.29 is 9.53 Å². The van der Waals surface area contributed by atoms with Crippen molar-refractivity contribution in [1.29, 1.82) is 0 Å². The first-order chi connectivity index (χ1) is 9.24. The van der Waals surface area contributed by atoms with Crippen molar-refractivity contribution in [2.24, 2.45) is 10.7 Å². The molecule has 1 saturated heterocycles. The van der Waals surface area contributed by atoms with E-state index in [2.05, 4.69) is 10.3 Å². The Balaban J connectivity index is 2.13. The van der Waals surface area contributed by atoms with E-state index < -0.39 is 0 Å². The van der Waals surface area contributed by atoms with Crippen molar-refractivity contribution in [3.8, 4) is 0 Å². The number of nitrogens with one attached hydrogen (secondary N) is 1. The SMILES string of the molecule is CCOCCCNC(N)=NCC(=O)N1CCCCC1. The molecule has 1 rings (SSSR count). The number of amides is 1. The van der Waals surface area contributed by atoms with Gasteiger partial charge in [-0.15, -0.1) is 0 Å². The molecule has 1 aliphatic rings. The molecule has 0 bridgehead atoms. The Morgan fingerprint density at radius 2 is 2.11 bits per heavy atom. The lowest BCUT2D eigenvalue weighted by molar-refractivity contribution is -0.130. The van der Waals surface area contributed by atoms with E-state index in [4.69, 9.17) is 10.5 Å². The van der Waals surface area contributed by atoms with E-state index in [9.17, 15) is 4.79 Å². The van der Waals surface area contributed by atoms with Crippen LogP contribution in [0.4, 0.5) is 0 Å². The smallest absolute Gasteiger partial charge is 0.244 e. The molecule has 1 amide bonds. The number of rotatable bonds is 7. The molecule has 0 saturated carbocycles. The van der Waals surface area contributed by atoms with Crippen LogP contribution in [0, 0.1) is 0 Å². The van der Waals surface area contributed by atoms with Crippen LogP contribution in [0.15, 0.2) is 4.99 Å². The average molecular weight is 270 g/mol. The highest BCUT2D eigenvalue weighted by Crippen LogP contribution is 2.08. The fraction of sp³-hybridized carbons (Fsp3) is 0.846. The summed E-state index contributed by atoms with van der Waals surface area (Å²) < 4.78 is 5.21. The maximum Gasteiger partial charge on any atom is 0.244 e. The molecule has 110 valence electrons. The molecule has 6 nitrogen and oxygen atoms in total. The largest absolute Gasteiger partial charge is 0.382 e. The van der Waals surface area contributed by atoms with Gasteiger partial charge in [0, 0.05) is 32.8 Å². The minimum Gasteiger partial charge on any atom is -0.382 e. The number of nitrogens with zero attached hydrogens (tertiary/aromatic N) is 2. The Hall–Kier alpha value is -1.30. The van der Waals surface area contributed by atoms with Crippen molar-refractivity contribution >= 4 is 11.9 Å². The van der Waals surface area contributed by atoms with Crippen molar-refractivity contribution in [1.82, 2.24) is 10.2 Å². The van der Waals surface area contributed by atoms with Gasteiger partial charge in [0.2, 0.25) is 5.91 Å². The molecule has 0 aromatic rings. The van der Waals surface area contributed by atoms with Gasteiger partial charge in [-0.1, -0.05) is 0 Å². The maximum absolute atomic E-state index is 11.8. The van der Waals surface area contributed by atoms with Crippen LogP contribution in [0.5, 0.6) is 0 Å². The van der Waals surface area contributed by atoms with Crippen LogP contribution >= 0.6 is 0 Å². The van der Waals surface area contributed by atoms with Crippen LogP contribution in [-0.2, 0) is 9.53 Å². The van der Waals surface area contributed by atoms with Gasteiger partial charge in [0.15, 0.2) is 5.96 Å². The second kappa shape index (κ2) is 9.61. The van der Waals surface area contributed by atoms with Crippen molar-refractivity contribution in [3.05, 3.63) is 0 Å². The molecule has 0 aromatic heterocycles. The number of carbonyl (C=O) groups is 1. The van der Waals surface area contributed by atoms with Crippen LogP contribution < -0.4 is 11.1 Å². The highest BCUT2D eigenvalue weighted by molar-refractivity contribution is 5.84. The first-order valence-corrected chi connectivity index (χ1v) is 7.13. The number of nitrogens with two attached hydrogens (primary N) is 1. The maximum atomic E-state index is 11.8. The molecule has 0 atom stereocenters. The molecule has 0 unspecified atom stereocenters. The summed E-state index contributed by atoms with van der Waals surface area (Å²) in [5.74, 6) is 0.403. The molecular formula is C13H26N4O2. The quantitative estimate of drug-likeness (QED) is 0.397. The Morgan fingerprint density at radius 1 is 1.37 bits per heavy atom. The van der Waals surface area contributed by atoms with E-state index in [-0.39, 0.29) is 12.5 Å². The number of hydrogen-bond donors (Lipinski definition) is 2. The molecule has 1 heterocycles. The van der Waals surface area contributed by atoms with E-state index in [1.165, 1.54) is 6.42 Å². The summed E-state index contributed by atoms with van der Waals surface area (Å²) in [4.78, 5) is 17.8. The fourth-order valence-electron chi connectivity index (χ4n) is 1.99. The molecule has 1 fully saturated rings. The van der Waals surface area contributed by atoms with Crippen molar-refractivity contribution in [2.45, 2.75) is 32.6 Å². The second-order valence-corrected chi connectivity index (χ2v) is 4.62. The minimum absolute atomic E-state index is 0.0683. The van der Waals surface area contributed by atoms with E-state index in [0.29, 0.717) is 19.1 Å². The van der Waals surface area contributed by atoms with Gasteiger partial charge < -0.3 is 20.7 Å². The van der Waals surface area contributed by atoms with Gasteiger partial charge in [-0.05, 0) is 32.6 Å². The van der Waals surface area contributed by atoms with Crippen molar-refractivity contribution in [3.63, 3.8) is 0 Å². The van der Waals surface area contributed by atoms with E-state index >= 15 is 0 Å². The monoisotopic (exact) mass is 270 g/mol. The highest BCUT2D eigenvalue weighted by Gasteiger charge is 2.15. The second-order valence-electron chi connectivity index (χ2n) is 4.62. The third-order valence-electron chi connectivity index (χ3n) is 3.07. The Kier molecular flexibility index (Phi) is 7.97. The first-order valence-electron chi connectivity index (χ1n) is 7.13. The van der Waals surface area contributed by atoms with Crippen molar-refractivity contribution in [2.75, 3.05) is 39.4 Å². The molecule has 3 N–H and O–H groups in total. The van der Waals surface area contributed by atoms with Gasteiger partial charge in [-0.2, -0.15) is 0 Å². The standard InChI is InChI=1S/C13H26N4O2/c1-2-19-10-6-7-15-13(14)16-11-12(18)17-8-4-3-5-9-17/h2-11H2,1H3,(H3,14,15,16). The average Bonchev–Trinajstić information content (AvgIpc) is 2.45. The van der Waals surface area contributed by atoms with Crippen LogP contribution in [0.2, 0.25) is 0 Å². The number of hydrogen-bond acceptors (Lipinski definition) is 3. The fourth-order valence-corrected chi connectivity index (χ4v) is 1.99. The molecule has 19 heavy (non-hydrogen) atoms. The molecule has 1 aliphatic heterocycles. The number of guanidine groups is 1. The Labute approximate surface area is 115 Å². The third kappa shape index (κ3) is 7.00. The van der Waals surface area contributed by atoms with E-state index in [0.717, 1.165) is 39.0 Å². The number of likely N-dealkylation sites (tertiary alicyclic amines) is 1. The molecule has 0 aliphatic carbocycles. The summed E-state index contributed by atoms with van der Waals surface area (Å²) in [6.07, 6.45) is 4.29. The lowest BCUT2D eigenvalue weighted by atomic mass is 10.1. The molecule has 0 radical (unpaired) electrons. The Bertz CT molecular complexity index is 288. The summed E-state index contributed by atoms with van der Waals surface area (Å²) in [7, 11) is 0. The predicted octanol–water partition coefficient (Wildman–Crippen LogP) is 0.330. The summed E-state index contributed by atoms with van der Waals surface area (Å²) in [6, 6.07) is 0. The summed E-state index contributed by atoms with van der Waals surface area (Å²) in [5.41, 5.74) is 5.69. The number of piperidine rings is 1. The minimum atomic E-state index is 0.0683. The van der Waals surface area contributed by atoms with Crippen LogP contribution in [0.25, 0.3) is 0 Å². The van der Waals surface area contributed by atoms with E-state index in [1.807, 2.05) is 11.8 Å². The highest BCUT2D eigenvalue weighted by atomic mass is 16.5. The zero-order chi connectivity index (χ0) is 13.9. The first kappa shape index (κ1) is 15.8. The normalized spacial score (nSPS) is 16.5. The van der Waals surface area contributed by atoms with Gasteiger partial charge in [0.1, 0.15) is 6.54 Å². The predicted molar refractivity (Wildman–Crippen MR) is 76.0 cm³/mol. The van der Waals surface area contributed by atoms with Crippen LogP contribution in [-0.4, -0.2) is 56.2 Å². The van der Waals surface area contributed by atoms with Gasteiger partial charge in [0.25, 0.3) is 0 Å². The van der Waals surface area contributed by atoms with E-state index in [1.54, 1.807) is 0 Å². The van der Waals surface area contributed by atoms with Crippen LogP contribution in [0.1, 0.15) is 32.6 Å². The number of carbonyl (C=O) groups excluding carboxylic acids is 1. The molecule has 0 spiro atoms. The number of aliphatic imine (C=N–C) groups is 1. The zero-order valence-electron chi connectivity index (χ0n) is 11.9. The third-order valence-corrected chi connectivity index (χ3v) is 3.07. The van der Waals surface area contributed by atoms with Gasteiger partial charge in [0.05, 0.1) is 0 Å².